The first-order valence-electron chi connectivity index (χ1n) is 7.24. The summed E-state index contributed by atoms with van der Waals surface area (Å²) in [6, 6.07) is 6.98. The average molecular weight is 279 g/mol. The van der Waals surface area contributed by atoms with E-state index in [-0.39, 0.29) is 0 Å². The van der Waals surface area contributed by atoms with Gasteiger partial charge >= 0.3 is 0 Å². The maximum atomic E-state index is 4.59. The molecule has 1 aliphatic heterocycles. The molecule has 0 aromatic carbocycles. The van der Waals surface area contributed by atoms with Gasteiger partial charge in [-0.3, -0.25) is 9.88 Å². The molecule has 1 aliphatic rings. The zero-order chi connectivity index (χ0) is 13.5. The van der Waals surface area contributed by atoms with Crippen LogP contribution in [0.5, 0.6) is 0 Å². The van der Waals surface area contributed by atoms with Crippen molar-refractivity contribution in [1.82, 2.24) is 15.2 Å². The highest BCUT2D eigenvalue weighted by atomic mass is 32.2. The third-order valence-electron chi connectivity index (χ3n) is 3.57. The smallest absolute Gasteiger partial charge is 0.0547 e. The SMILES string of the molecule is CCN(CCC1CSCCN1)Cc1cccc(C)n1. The fourth-order valence-corrected chi connectivity index (χ4v) is 3.41. The topological polar surface area (TPSA) is 28.2 Å². The van der Waals surface area contributed by atoms with Crippen LogP contribution in [0, 0.1) is 6.92 Å². The predicted molar refractivity (Wildman–Crippen MR) is 83.7 cm³/mol. The molecule has 1 aromatic heterocycles. The van der Waals surface area contributed by atoms with Crippen molar-refractivity contribution < 1.29 is 0 Å². The van der Waals surface area contributed by atoms with Crippen molar-refractivity contribution in [2.75, 3.05) is 31.1 Å². The Morgan fingerprint density at radius 3 is 3.05 bits per heavy atom. The monoisotopic (exact) mass is 279 g/mol. The number of thioether (sulfide) groups is 1. The van der Waals surface area contributed by atoms with Crippen molar-refractivity contribution in [2.45, 2.75) is 32.9 Å². The highest BCUT2D eigenvalue weighted by molar-refractivity contribution is 7.99. The molecule has 0 aliphatic carbocycles. The summed E-state index contributed by atoms with van der Waals surface area (Å²) in [4.78, 5) is 7.08. The Morgan fingerprint density at radius 2 is 2.37 bits per heavy atom. The van der Waals surface area contributed by atoms with Crippen molar-refractivity contribution in [3.63, 3.8) is 0 Å². The van der Waals surface area contributed by atoms with Gasteiger partial charge in [-0.25, -0.2) is 0 Å². The molecule has 1 fully saturated rings. The average Bonchev–Trinajstić information content (AvgIpc) is 2.44. The summed E-state index contributed by atoms with van der Waals surface area (Å²) in [7, 11) is 0. The lowest BCUT2D eigenvalue weighted by Crippen LogP contribution is -2.40. The first kappa shape index (κ1) is 14.8. The summed E-state index contributed by atoms with van der Waals surface area (Å²) < 4.78 is 0. The summed E-state index contributed by atoms with van der Waals surface area (Å²) in [6.45, 7) is 8.68. The second kappa shape index (κ2) is 7.88. The van der Waals surface area contributed by atoms with E-state index in [2.05, 4.69) is 59.0 Å². The van der Waals surface area contributed by atoms with E-state index in [1.807, 2.05) is 0 Å². The molecular formula is C15H25N3S. The fourth-order valence-electron chi connectivity index (χ4n) is 2.41. The van der Waals surface area contributed by atoms with Crippen LogP contribution in [-0.4, -0.2) is 47.1 Å². The quantitative estimate of drug-likeness (QED) is 0.865. The van der Waals surface area contributed by atoms with Crippen LogP contribution < -0.4 is 5.32 Å². The van der Waals surface area contributed by atoms with Crippen LogP contribution >= 0.6 is 11.8 Å². The summed E-state index contributed by atoms with van der Waals surface area (Å²) in [5.74, 6) is 2.53. The van der Waals surface area contributed by atoms with Crippen molar-refractivity contribution in [1.29, 1.82) is 0 Å². The molecule has 1 atom stereocenters. The summed E-state index contributed by atoms with van der Waals surface area (Å²) in [5, 5.41) is 3.61. The molecule has 2 heterocycles. The molecule has 3 nitrogen and oxygen atoms in total. The van der Waals surface area contributed by atoms with Crippen LogP contribution in [0.15, 0.2) is 18.2 Å². The van der Waals surface area contributed by atoms with Gasteiger partial charge in [0, 0.05) is 42.9 Å². The maximum absolute atomic E-state index is 4.59. The number of nitrogens with one attached hydrogen (secondary N) is 1. The van der Waals surface area contributed by atoms with Gasteiger partial charge in [0.25, 0.3) is 0 Å². The zero-order valence-corrected chi connectivity index (χ0v) is 12.9. The number of hydrogen-bond acceptors (Lipinski definition) is 4. The van der Waals surface area contributed by atoms with Crippen molar-refractivity contribution in [3.05, 3.63) is 29.6 Å². The Morgan fingerprint density at radius 1 is 1.47 bits per heavy atom. The Kier molecular flexibility index (Phi) is 6.14. The second-order valence-electron chi connectivity index (χ2n) is 5.15. The van der Waals surface area contributed by atoms with E-state index in [4.69, 9.17) is 0 Å². The van der Waals surface area contributed by atoms with Crippen LogP contribution in [0.25, 0.3) is 0 Å². The molecule has 0 radical (unpaired) electrons. The van der Waals surface area contributed by atoms with E-state index in [0.29, 0.717) is 6.04 Å². The molecule has 2 rings (SSSR count). The second-order valence-corrected chi connectivity index (χ2v) is 6.30. The molecule has 0 saturated carbocycles. The van der Waals surface area contributed by atoms with Gasteiger partial charge in [0.2, 0.25) is 0 Å². The molecule has 1 unspecified atom stereocenters. The normalized spacial score (nSPS) is 19.8. The first-order chi connectivity index (χ1) is 9.28. The van der Waals surface area contributed by atoms with Crippen LogP contribution in [0.2, 0.25) is 0 Å². The standard InChI is InChI=1S/C15H25N3S/c1-3-18(9-7-15-12-19-10-8-16-15)11-14-6-4-5-13(2)17-14/h4-6,15-16H,3,7-12H2,1-2H3. The molecule has 0 amide bonds. The molecular weight excluding hydrogens is 254 g/mol. The Balaban J connectivity index is 1.79. The van der Waals surface area contributed by atoms with Gasteiger partial charge in [-0.2, -0.15) is 11.8 Å². The van der Waals surface area contributed by atoms with Gasteiger partial charge in [-0.15, -0.1) is 0 Å². The molecule has 106 valence electrons. The van der Waals surface area contributed by atoms with Crippen molar-refractivity contribution in [2.24, 2.45) is 0 Å². The molecule has 0 bridgehead atoms. The minimum Gasteiger partial charge on any atom is -0.312 e. The van der Waals surface area contributed by atoms with E-state index in [1.54, 1.807) is 0 Å². The largest absolute Gasteiger partial charge is 0.312 e. The van der Waals surface area contributed by atoms with Gasteiger partial charge in [0.1, 0.15) is 0 Å². The van der Waals surface area contributed by atoms with Gasteiger partial charge < -0.3 is 5.32 Å². The van der Waals surface area contributed by atoms with E-state index in [1.165, 1.54) is 30.2 Å². The van der Waals surface area contributed by atoms with Gasteiger partial charge in [0.05, 0.1) is 5.69 Å². The lowest BCUT2D eigenvalue weighted by Gasteiger charge is -2.26. The molecule has 19 heavy (non-hydrogen) atoms. The minimum atomic E-state index is 0.693. The van der Waals surface area contributed by atoms with Crippen LogP contribution in [0.4, 0.5) is 0 Å². The number of rotatable bonds is 6. The van der Waals surface area contributed by atoms with Gasteiger partial charge in [-0.05, 0) is 32.0 Å². The Labute approximate surface area is 121 Å². The highest BCUT2D eigenvalue weighted by Gasteiger charge is 2.14. The van der Waals surface area contributed by atoms with Crippen LogP contribution in [-0.2, 0) is 6.54 Å². The number of pyridine rings is 1. The molecule has 0 spiro atoms. The minimum absolute atomic E-state index is 0.693. The number of aromatic nitrogens is 1. The van der Waals surface area contributed by atoms with E-state index >= 15 is 0 Å². The zero-order valence-electron chi connectivity index (χ0n) is 12.1. The summed E-state index contributed by atoms with van der Waals surface area (Å²) >= 11 is 2.07. The first-order valence-corrected chi connectivity index (χ1v) is 8.39. The molecule has 1 N–H and O–H groups in total. The lowest BCUT2D eigenvalue weighted by atomic mass is 10.2. The summed E-state index contributed by atoms with van der Waals surface area (Å²) in [6.07, 6.45) is 1.24. The van der Waals surface area contributed by atoms with Gasteiger partial charge in [-0.1, -0.05) is 13.0 Å². The predicted octanol–water partition coefficient (Wildman–Crippen LogP) is 2.31. The van der Waals surface area contributed by atoms with E-state index in [9.17, 15) is 0 Å². The van der Waals surface area contributed by atoms with Crippen molar-refractivity contribution in [3.8, 4) is 0 Å². The maximum Gasteiger partial charge on any atom is 0.0547 e. The van der Waals surface area contributed by atoms with Crippen LogP contribution in [0.3, 0.4) is 0 Å². The molecule has 1 aromatic rings. The third-order valence-corrected chi connectivity index (χ3v) is 4.70. The number of hydrogen-bond donors (Lipinski definition) is 1. The lowest BCUT2D eigenvalue weighted by molar-refractivity contribution is 0.261. The van der Waals surface area contributed by atoms with Gasteiger partial charge in [0.15, 0.2) is 0 Å². The summed E-state index contributed by atoms with van der Waals surface area (Å²) in [5.41, 5.74) is 2.30. The fraction of sp³-hybridized carbons (Fsp3) is 0.667. The van der Waals surface area contributed by atoms with Crippen molar-refractivity contribution >= 4 is 11.8 Å². The number of nitrogens with zero attached hydrogens (tertiary/aromatic N) is 2. The molecule has 4 heteroatoms. The van der Waals surface area contributed by atoms with E-state index in [0.717, 1.165) is 25.3 Å². The van der Waals surface area contributed by atoms with E-state index < -0.39 is 0 Å². The Bertz CT molecular complexity index is 377. The van der Waals surface area contributed by atoms with Crippen LogP contribution in [0.1, 0.15) is 24.7 Å². The Hall–Kier alpha value is -0.580. The third kappa shape index (κ3) is 5.13. The highest BCUT2D eigenvalue weighted by Crippen LogP contribution is 2.11. The molecule has 1 saturated heterocycles. The number of aryl methyl sites for hydroxylation is 1.